The van der Waals surface area contributed by atoms with Crippen LogP contribution >= 0.6 is 0 Å². The fourth-order valence-corrected chi connectivity index (χ4v) is 3.29. The second-order valence-corrected chi connectivity index (χ2v) is 6.28. The first-order chi connectivity index (χ1) is 11.3. The Kier molecular flexibility index (Phi) is 5.07. The van der Waals surface area contributed by atoms with Crippen LogP contribution in [0.5, 0.6) is 0 Å². The van der Waals surface area contributed by atoms with Gasteiger partial charge in [0.15, 0.2) is 0 Å². The second kappa shape index (κ2) is 7.41. The van der Waals surface area contributed by atoms with Crippen molar-refractivity contribution in [1.29, 1.82) is 5.26 Å². The number of piperidine rings is 1. The molecule has 3 nitrogen and oxygen atoms in total. The summed E-state index contributed by atoms with van der Waals surface area (Å²) in [6.45, 7) is 2.93. The third kappa shape index (κ3) is 3.98. The topological polar surface area (TPSA) is 47.3 Å². The first-order valence-corrected chi connectivity index (χ1v) is 8.20. The molecule has 23 heavy (non-hydrogen) atoms. The number of likely N-dealkylation sites (tertiary alicyclic amines) is 1. The highest BCUT2D eigenvalue weighted by Crippen LogP contribution is 2.31. The molecule has 0 saturated carbocycles. The predicted molar refractivity (Wildman–Crippen MR) is 90.6 cm³/mol. The summed E-state index contributed by atoms with van der Waals surface area (Å²) in [7, 11) is 0. The van der Waals surface area contributed by atoms with Gasteiger partial charge in [0.05, 0.1) is 17.7 Å². The molecule has 118 valence electrons. The molecule has 0 aliphatic carbocycles. The number of hydrogen-bond acceptors (Lipinski definition) is 3. The monoisotopic (exact) mass is 306 g/mol. The van der Waals surface area contributed by atoms with Gasteiger partial charge in [-0.15, -0.1) is 0 Å². The molecule has 1 heterocycles. The molecule has 0 spiro atoms. The maximum Gasteiger partial charge on any atom is 0.0991 e. The van der Waals surface area contributed by atoms with Crippen LogP contribution in [0.2, 0.25) is 0 Å². The second-order valence-electron chi connectivity index (χ2n) is 6.28. The van der Waals surface area contributed by atoms with Crippen molar-refractivity contribution in [3.63, 3.8) is 0 Å². The van der Waals surface area contributed by atoms with E-state index in [9.17, 15) is 5.11 Å². The van der Waals surface area contributed by atoms with E-state index in [1.54, 1.807) is 0 Å². The molecule has 0 amide bonds. The Morgan fingerprint density at radius 1 is 1.04 bits per heavy atom. The van der Waals surface area contributed by atoms with E-state index in [0.29, 0.717) is 11.5 Å². The predicted octanol–water partition coefficient (Wildman–Crippen LogP) is 3.50. The zero-order valence-corrected chi connectivity index (χ0v) is 13.2. The first kappa shape index (κ1) is 15.7. The quantitative estimate of drug-likeness (QED) is 0.940. The molecular weight excluding hydrogens is 284 g/mol. The van der Waals surface area contributed by atoms with Gasteiger partial charge < -0.3 is 5.11 Å². The van der Waals surface area contributed by atoms with E-state index in [2.05, 4.69) is 11.0 Å². The van der Waals surface area contributed by atoms with Crippen LogP contribution in [-0.2, 0) is 6.54 Å². The number of nitriles is 1. The van der Waals surface area contributed by atoms with Crippen LogP contribution in [0.4, 0.5) is 0 Å². The minimum atomic E-state index is -0.353. The Bertz CT molecular complexity index is 652. The van der Waals surface area contributed by atoms with Crippen molar-refractivity contribution in [3.8, 4) is 6.07 Å². The Labute approximate surface area is 137 Å². The Morgan fingerprint density at radius 3 is 2.30 bits per heavy atom. The van der Waals surface area contributed by atoms with Crippen molar-refractivity contribution >= 4 is 0 Å². The van der Waals surface area contributed by atoms with Gasteiger partial charge in [0.25, 0.3) is 0 Å². The maximum absolute atomic E-state index is 10.5. The molecule has 0 radical (unpaired) electrons. The normalized spacial score (nSPS) is 17.6. The average Bonchev–Trinajstić information content (AvgIpc) is 2.63. The Balaban J connectivity index is 1.53. The van der Waals surface area contributed by atoms with E-state index in [1.807, 2.05) is 54.6 Å². The number of benzene rings is 2. The van der Waals surface area contributed by atoms with E-state index in [0.717, 1.165) is 38.0 Å². The molecule has 1 fully saturated rings. The van der Waals surface area contributed by atoms with Crippen LogP contribution in [0.25, 0.3) is 0 Å². The molecule has 3 rings (SSSR count). The van der Waals surface area contributed by atoms with Crippen LogP contribution < -0.4 is 0 Å². The lowest BCUT2D eigenvalue weighted by Crippen LogP contribution is -2.35. The van der Waals surface area contributed by atoms with Crippen LogP contribution in [0, 0.1) is 17.2 Å². The molecule has 1 atom stereocenters. The molecule has 1 aliphatic heterocycles. The Morgan fingerprint density at radius 2 is 1.70 bits per heavy atom. The number of hydrogen-bond donors (Lipinski definition) is 1. The highest BCUT2D eigenvalue weighted by Gasteiger charge is 2.26. The van der Waals surface area contributed by atoms with Gasteiger partial charge in [-0.2, -0.15) is 5.26 Å². The fourth-order valence-electron chi connectivity index (χ4n) is 3.29. The number of aliphatic hydroxyl groups excluding tert-OH is 1. The van der Waals surface area contributed by atoms with Gasteiger partial charge in [-0.1, -0.05) is 42.5 Å². The summed E-state index contributed by atoms with van der Waals surface area (Å²) in [5, 5.41) is 19.4. The van der Waals surface area contributed by atoms with Gasteiger partial charge in [-0.3, -0.25) is 4.90 Å². The summed E-state index contributed by atoms with van der Waals surface area (Å²) in [4.78, 5) is 2.43. The molecule has 1 aliphatic rings. The Hall–Kier alpha value is -2.15. The fraction of sp³-hybridized carbons (Fsp3) is 0.350. The highest BCUT2D eigenvalue weighted by atomic mass is 16.3. The van der Waals surface area contributed by atoms with Gasteiger partial charge in [-0.05, 0) is 55.1 Å². The van der Waals surface area contributed by atoms with Gasteiger partial charge in [0.2, 0.25) is 0 Å². The van der Waals surface area contributed by atoms with Crippen molar-refractivity contribution in [1.82, 2.24) is 4.90 Å². The molecular formula is C20H22N2O. The van der Waals surface area contributed by atoms with Crippen molar-refractivity contribution in [3.05, 3.63) is 71.3 Å². The van der Waals surface area contributed by atoms with E-state index < -0.39 is 0 Å². The van der Waals surface area contributed by atoms with E-state index in [1.165, 1.54) is 5.56 Å². The van der Waals surface area contributed by atoms with E-state index in [-0.39, 0.29) is 6.10 Å². The lowest BCUT2D eigenvalue weighted by atomic mass is 9.87. The molecule has 0 aromatic heterocycles. The molecule has 0 bridgehead atoms. The number of aliphatic hydroxyl groups is 1. The summed E-state index contributed by atoms with van der Waals surface area (Å²) in [6.07, 6.45) is 1.69. The first-order valence-electron chi connectivity index (χ1n) is 8.20. The minimum Gasteiger partial charge on any atom is -0.388 e. The largest absolute Gasteiger partial charge is 0.388 e. The smallest absolute Gasteiger partial charge is 0.0991 e. The summed E-state index contributed by atoms with van der Waals surface area (Å²) in [5.74, 6) is 0.342. The summed E-state index contributed by atoms with van der Waals surface area (Å²) < 4.78 is 0. The van der Waals surface area contributed by atoms with Crippen LogP contribution in [-0.4, -0.2) is 23.1 Å². The molecule has 2 aromatic rings. The maximum atomic E-state index is 10.5. The van der Waals surface area contributed by atoms with Crippen LogP contribution in [0.3, 0.4) is 0 Å². The van der Waals surface area contributed by atoms with Gasteiger partial charge in [-0.25, -0.2) is 0 Å². The zero-order chi connectivity index (χ0) is 16.1. The van der Waals surface area contributed by atoms with Crippen molar-refractivity contribution < 1.29 is 5.11 Å². The van der Waals surface area contributed by atoms with Crippen LogP contribution in [0.1, 0.15) is 35.6 Å². The van der Waals surface area contributed by atoms with E-state index >= 15 is 0 Å². The van der Waals surface area contributed by atoms with Gasteiger partial charge in [0.1, 0.15) is 0 Å². The standard InChI is InChI=1S/C20H22N2O/c21-14-16-6-8-17(9-7-16)15-22-12-10-19(11-13-22)20(23)18-4-2-1-3-5-18/h1-9,19-20,23H,10-13,15H2/t20-/m0/s1. The molecule has 1 saturated heterocycles. The van der Waals surface area contributed by atoms with Gasteiger partial charge in [0, 0.05) is 6.54 Å². The SMILES string of the molecule is N#Cc1ccc(CN2CCC([C@@H](O)c3ccccc3)CC2)cc1. The summed E-state index contributed by atoms with van der Waals surface area (Å²) >= 11 is 0. The summed E-state index contributed by atoms with van der Waals surface area (Å²) in [6, 6.07) is 19.9. The molecule has 3 heteroatoms. The van der Waals surface area contributed by atoms with Crippen molar-refractivity contribution in [2.24, 2.45) is 5.92 Å². The highest BCUT2D eigenvalue weighted by molar-refractivity contribution is 5.31. The number of nitrogens with zero attached hydrogens (tertiary/aromatic N) is 2. The lowest BCUT2D eigenvalue weighted by molar-refractivity contribution is 0.0568. The third-order valence-corrected chi connectivity index (χ3v) is 4.71. The molecule has 1 N–H and O–H groups in total. The van der Waals surface area contributed by atoms with Crippen molar-refractivity contribution in [2.45, 2.75) is 25.5 Å². The minimum absolute atomic E-state index is 0.342. The zero-order valence-electron chi connectivity index (χ0n) is 13.2. The number of rotatable bonds is 4. The average molecular weight is 306 g/mol. The molecule has 0 unspecified atom stereocenters. The van der Waals surface area contributed by atoms with Crippen molar-refractivity contribution in [2.75, 3.05) is 13.1 Å². The summed E-state index contributed by atoms with van der Waals surface area (Å²) in [5.41, 5.74) is 2.97. The third-order valence-electron chi connectivity index (χ3n) is 4.71. The van der Waals surface area contributed by atoms with E-state index in [4.69, 9.17) is 5.26 Å². The van der Waals surface area contributed by atoms with Crippen LogP contribution in [0.15, 0.2) is 54.6 Å². The lowest BCUT2D eigenvalue weighted by Gasteiger charge is -2.34. The van der Waals surface area contributed by atoms with Gasteiger partial charge >= 0.3 is 0 Å². The molecule has 2 aromatic carbocycles.